The zero-order valence-corrected chi connectivity index (χ0v) is 8.75. The molecule has 1 unspecified atom stereocenters. The van der Waals surface area contributed by atoms with Gasteiger partial charge in [0.15, 0.2) is 5.84 Å². The minimum Gasteiger partial charge on any atom is -0.409 e. The zero-order chi connectivity index (χ0) is 12.1. The van der Waals surface area contributed by atoms with Crippen LogP contribution in [0.3, 0.4) is 0 Å². The molecule has 0 aromatic carbocycles. The van der Waals surface area contributed by atoms with Crippen LogP contribution in [0.25, 0.3) is 0 Å². The molecule has 0 amide bonds. The molecule has 7 heteroatoms. The fourth-order valence-electron chi connectivity index (χ4n) is 1.39. The number of nitrogens with zero attached hydrogens (tertiary/aromatic N) is 2. The normalized spacial score (nSPS) is 15.7. The van der Waals surface area contributed by atoms with Crippen LogP contribution in [0.5, 0.6) is 0 Å². The SMILES string of the molecule is CCC(C(N)=NO)N(CC)CC(F)(F)F. The fraction of sp³-hybridized carbons (Fsp3) is 0.875. The molecule has 1 atom stereocenters. The average molecular weight is 227 g/mol. The number of hydrogen-bond donors (Lipinski definition) is 2. The van der Waals surface area contributed by atoms with Gasteiger partial charge in [-0.1, -0.05) is 19.0 Å². The van der Waals surface area contributed by atoms with Crippen molar-refractivity contribution in [1.82, 2.24) is 4.90 Å². The van der Waals surface area contributed by atoms with E-state index >= 15 is 0 Å². The summed E-state index contributed by atoms with van der Waals surface area (Å²) in [5.74, 6) is -0.191. The van der Waals surface area contributed by atoms with Gasteiger partial charge in [-0.05, 0) is 13.0 Å². The Morgan fingerprint density at radius 2 is 2.00 bits per heavy atom. The van der Waals surface area contributed by atoms with Crippen LogP contribution in [0.4, 0.5) is 13.2 Å². The Hall–Kier alpha value is -0.980. The molecular weight excluding hydrogens is 211 g/mol. The smallest absolute Gasteiger partial charge is 0.401 e. The Labute approximate surface area is 86.5 Å². The van der Waals surface area contributed by atoms with Crippen molar-refractivity contribution in [1.29, 1.82) is 0 Å². The van der Waals surface area contributed by atoms with E-state index in [1.165, 1.54) is 0 Å². The first-order chi connectivity index (χ1) is 6.85. The van der Waals surface area contributed by atoms with Gasteiger partial charge in [0.1, 0.15) is 0 Å². The van der Waals surface area contributed by atoms with Gasteiger partial charge in [-0.3, -0.25) is 4.90 Å². The van der Waals surface area contributed by atoms with Crippen LogP contribution >= 0.6 is 0 Å². The number of nitrogens with two attached hydrogens (primary N) is 1. The molecule has 0 saturated heterocycles. The predicted octanol–water partition coefficient (Wildman–Crippen LogP) is 1.40. The zero-order valence-electron chi connectivity index (χ0n) is 8.75. The molecule has 0 heterocycles. The highest BCUT2D eigenvalue weighted by Gasteiger charge is 2.33. The van der Waals surface area contributed by atoms with E-state index < -0.39 is 18.8 Å². The molecule has 0 aromatic heterocycles. The Morgan fingerprint density at radius 3 is 2.27 bits per heavy atom. The van der Waals surface area contributed by atoms with Gasteiger partial charge in [0.2, 0.25) is 0 Å². The summed E-state index contributed by atoms with van der Waals surface area (Å²) in [4.78, 5) is 1.12. The lowest BCUT2D eigenvalue weighted by Crippen LogP contribution is -2.48. The number of amidine groups is 1. The minimum absolute atomic E-state index is 0.189. The Kier molecular flexibility index (Phi) is 5.41. The predicted molar refractivity (Wildman–Crippen MR) is 50.8 cm³/mol. The number of alkyl halides is 3. The molecule has 0 aliphatic carbocycles. The fourth-order valence-corrected chi connectivity index (χ4v) is 1.39. The second kappa shape index (κ2) is 5.79. The van der Waals surface area contributed by atoms with E-state index in [0.717, 1.165) is 4.90 Å². The summed E-state index contributed by atoms with van der Waals surface area (Å²) in [5, 5.41) is 11.2. The molecule has 0 rings (SSSR count). The number of halogens is 3. The molecule has 15 heavy (non-hydrogen) atoms. The molecule has 0 aromatic rings. The van der Waals surface area contributed by atoms with Crippen molar-refractivity contribution in [2.75, 3.05) is 13.1 Å². The molecule has 0 spiro atoms. The standard InChI is InChI=1S/C8H16F3N3O/c1-3-6(7(12)13-15)14(4-2)5-8(9,10)11/h6,15H,3-5H2,1-2H3,(H2,12,13). The summed E-state index contributed by atoms with van der Waals surface area (Å²) in [6.45, 7) is 2.41. The van der Waals surface area contributed by atoms with Gasteiger partial charge in [0.05, 0.1) is 12.6 Å². The molecular formula is C8H16F3N3O. The summed E-state index contributed by atoms with van der Waals surface area (Å²) in [6.07, 6.45) is -3.92. The van der Waals surface area contributed by atoms with E-state index in [-0.39, 0.29) is 12.4 Å². The maximum absolute atomic E-state index is 12.2. The highest BCUT2D eigenvalue weighted by Crippen LogP contribution is 2.18. The van der Waals surface area contributed by atoms with Crippen LogP contribution in [0.1, 0.15) is 20.3 Å². The van der Waals surface area contributed by atoms with Crippen LogP contribution in [0.15, 0.2) is 5.16 Å². The van der Waals surface area contributed by atoms with E-state index in [1.54, 1.807) is 13.8 Å². The van der Waals surface area contributed by atoms with Crippen molar-refractivity contribution in [3.8, 4) is 0 Å². The third-order valence-corrected chi connectivity index (χ3v) is 2.07. The van der Waals surface area contributed by atoms with Crippen molar-refractivity contribution >= 4 is 5.84 Å². The summed E-state index contributed by atoms with van der Waals surface area (Å²) in [7, 11) is 0. The summed E-state index contributed by atoms with van der Waals surface area (Å²) in [5.41, 5.74) is 5.31. The lowest BCUT2D eigenvalue weighted by molar-refractivity contribution is -0.147. The largest absolute Gasteiger partial charge is 0.409 e. The quantitative estimate of drug-likeness (QED) is 0.323. The molecule has 0 fully saturated rings. The second-order valence-corrected chi connectivity index (χ2v) is 3.13. The van der Waals surface area contributed by atoms with Crippen LogP contribution in [-0.2, 0) is 0 Å². The van der Waals surface area contributed by atoms with Gasteiger partial charge in [0, 0.05) is 0 Å². The summed E-state index contributed by atoms with van der Waals surface area (Å²) in [6, 6.07) is -0.679. The van der Waals surface area contributed by atoms with E-state index in [1.807, 2.05) is 0 Å². The molecule has 0 radical (unpaired) electrons. The van der Waals surface area contributed by atoms with E-state index in [9.17, 15) is 13.2 Å². The van der Waals surface area contributed by atoms with E-state index in [2.05, 4.69) is 5.16 Å². The number of oxime groups is 1. The number of hydrogen-bond acceptors (Lipinski definition) is 3. The molecule has 0 saturated carbocycles. The van der Waals surface area contributed by atoms with Crippen LogP contribution in [0.2, 0.25) is 0 Å². The van der Waals surface area contributed by atoms with Gasteiger partial charge in [-0.25, -0.2) is 0 Å². The number of likely N-dealkylation sites (N-methyl/N-ethyl adjacent to an activating group) is 1. The van der Waals surface area contributed by atoms with Crippen molar-refractivity contribution in [3.05, 3.63) is 0 Å². The molecule has 4 nitrogen and oxygen atoms in total. The first kappa shape index (κ1) is 14.0. The monoisotopic (exact) mass is 227 g/mol. The maximum Gasteiger partial charge on any atom is 0.401 e. The van der Waals surface area contributed by atoms with Crippen molar-refractivity contribution in [3.63, 3.8) is 0 Å². The first-order valence-corrected chi connectivity index (χ1v) is 4.63. The third kappa shape index (κ3) is 4.87. The topological polar surface area (TPSA) is 61.9 Å². The second-order valence-electron chi connectivity index (χ2n) is 3.13. The molecule has 0 aliphatic rings. The lowest BCUT2D eigenvalue weighted by Gasteiger charge is -2.29. The van der Waals surface area contributed by atoms with E-state index in [0.29, 0.717) is 6.42 Å². The molecule has 3 N–H and O–H groups in total. The summed E-state index contributed by atoms with van der Waals surface area (Å²) >= 11 is 0. The van der Waals surface area contributed by atoms with E-state index in [4.69, 9.17) is 10.9 Å². The van der Waals surface area contributed by atoms with Crippen LogP contribution < -0.4 is 5.73 Å². The summed E-state index contributed by atoms with van der Waals surface area (Å²) < 4.78 is 36.5. The molecule has 0 bridgehead atoms. The van der Waals surface area contributed by atoms with Crippen molar-refractivity contribution in [2.24, 2.45) is 10.9 Å². The molecule has 90 valence electrons. The third-order valence-electron chi connectivity index (χ3n) is 2.07. The average Bonchev–Trinajstić information content (AvgIpc) is 2.15. The highest BCUT2D eigenvalue weighted by molar-refractivity contribution is 5.85. The number of rotatable bonds is 5. The van der Waals surface area contributed by atoms with Crippen molar-refractivity contribution in [2.45, 2.75) is 32.5 Å². The minimum atomic E-state index is -4.28. The lowest BCUT2D eigenvalue weighted by atomic mass is 10.1. The van der Waals surface area contributed by atoms with Crippen LogP contribution in [0, 0.1) is 0 Å². The Bertz CT molecular complexity index is 218. The van der Waals surface area contributed by atoms with Gasteiger partial charge in [0.25, 0.3) is 0 Å². The van der Waals surface area contributed by atoms with Crippen LogP contribution in [-0.4, -0.2) is 41.3 Å². The van der Waals surface area contributed by atoms with Gasteiger partial charge in [-0.2, -0.15) is 13.2 Å². The van der Waals surface area contributed by atoms with Crippen molar-refractivity contribution < 1.29 is 18.4 Å². The first-order valence-electron chi connectivity index (χ1n) is 4.63. The maximum atomic E-state index is 12.2. The highest BCUT2D eigenvalue weighted by atomic mass is 19.4. The van der Waals surface area contributed by atoms with Gasteiger partial charge in [-0.15, -0.1) is 0 Å². The van der Waals surface area contributed by atoms with Gasteiger partial charge < -0.3 is 10.9 Å². The Balaban J connectivity index is 4.62. The Morgan fingerprint density at radius 1 is 1.47 bits per heavy atom. The molecule has 0 aliphatic heterocycles. The van der Waals surface area contributed by atoms with Gasteiger partial charge >= 0.3 is 6.18 Å².